The van der Waals surface area contributed by atoms with E-state index in [0.717, 1.165) is 4.47 Å². The van der Waals surface area contributed by atoms with Crippen LogP contribution in [-0.2, 0) is 0 Å². The van der Waals surface area contributed by atoms with Gasteiger partial charge >= 0.3 is 0 Å². The van der Waals surface area contributed by atoms with Gasteiger partial charge in [0.1, 0.15) is 0 Å². The summed E-state index contributed by atoms with van der Waals surface area (Å²) < 4.78 is 1.13. The van der Waals surface area contributed by atoms with Crippen LogP contribution in [-0.4, -0.2) is 0 Å². The Morgan fingerprint density at radius 2 is 1.64 bits per heavy atom. The molecule has 62 valence electrons. The van der Waals surface area contributed by atoms with Crippen LogP contribution >= 0.6 is 55.8 Å². The normalized spacial score (nSPS) is 11.9. The van der Waals surface area contributed by atoms with Gasteiger partial charge in [-0.3, -0.25) is 0 Å². The average Bonchev–Trinajstić information content (AvgIpc) is 1.88. The molecule has 0 aliphatic rings. The Hall–Kier alpha value is 0.910. The van der Waals surface area contributed by atoms with Crippen molar-refractivity contribution >= 4 is 55.8 Å². The second-order valence-corrected chi connectivity index (χ2v) is 4.46. The van der Waals surface area contributed by atoms with E-state index in [1.54, 1.807) is 0 Å². The number of rotatable bonds is 1. The highest BCUT2D eigenvalue weighted by Gasteiger charge is 1.97. The molecule has 1 aromatic carbocycles. The van der Waals surface area contributed by atoms with Crippen LogP contribution in [0, 0.1) is 0 Å². The van der Waals surface area contributed by atoms with Gasteiger partial charge in [-0.1, -0.05) is 44.0 Å². The third-order valence-corrected chi connectivity index (χ3v) is 2.39. The zero-order chi connectivity index (χ0) is 7.56. The predicted molar refractivity (Wildman–Crippen MR) is 66.9 cm³/mol. The summed E-state index contributed by atoms with van der Waals surface area (Å²) in [5.41, 5.74) is 1.31. The SMILES string of the molecule is CC(Br)c1ccc(Br)cc1.I. The largest absolute Gasteiger partial charge is 0.107 e. The standard InChI is InChI=1S/C8H8Br2.HI/c1-6(9)7-2-4-8(10)5-3-7;/h2-6H,1H3;1H. The minimum atomic E-state index is 0. The highest BCUT2D eigenvalue weighted by atomic mass is 127. The van der Waals surface area contributed by atoms with Crippen LogP contribution in [0.25, 0.3) is 0 Å². The summed E-state index contributed by atoms with van der Waals surface area (Å²) in [5.74, 6) is 0. The summed E-state index contributed by atoms with van der Waals surface area (Å²) in [4.78, 5) is 0.445. The molecule has 0 aromatic heterocycles. The maximum Gasteiger partial charge on any atom is 0.0367 e. The lowest BCUT2D eigenvalue weighted by molar-refractivity contribution is 1.12. The van der Waals surface area contributed by atoms with Gasteiger partial charge in [0, 0.05) is 9.30 Å². The maximum atomic E-state index is 3.49. The van der Waals surface area contributed by atoms with Crippen LogP contribution in [0.15, 0.2) is 28.7 Å². The smallest absolute Gasteiger partial charge is 0.0367 e. The molecule has 3 heteroatoms. The van der Waals surface area contributed by atoms with E-state index >= 15 is 0 Å². The lowest BCUT2D eigenvalue weighted by Crippen LogP contribution is -1.80. The molecule has 0 bridgehead atoms. The maximum absolute atomic E-state index is 3.49. The van der Waals surface area contributed by atoms with E-state index in [0.29, 0.717) is 4.83 Å². The Morgan fingerprint density at radius 1 is 1.18 bits per heavy atom. The Bertz CT molecular complexity index is 206. The van der Waals surface area contributed by atoms with Crippen molar-refractivity contribution in [1.82, 2.24) is 0 Å². The van der Waals surface area contributed by atoms with Crippen molar-refractivity contribution in [3.05, 3.63) is 34.3 Å². The zero-order valence-corrected chi connectivity index (χ0v) is 11.6. The molecular weight excluding hydrogens is 383 g/mol. The summed E-state index contributed by atoms with van der Waals surface area (Å²) in [5, 5.41) is 0. The number of hydrogen-bond donors (Lipinski definition) is 0. The van der Waals surface area contributed by atoms with Crippen molar-refractivity contribution in [2.45, 2.75) is 11.8 Å². The van der Waals surface area contributed by atoms with Gasteiger partial charge in [-0.15, -0.1) is 24.0 Å². The molecule has 0 aliphatic carbocycles. The number of benzene rings is 1. The Balaban J connectivity index is 0.000001000. The van der Waals surface area contributed by atoms with E-state index < -0.39 is 0 Å². The fourth-order valence-electron chi connectivity index (χ4n) is 0.728. The number of hydrogen-bond acceptors (Lipinski definition) is 0. The molecule has 1 unspecified atom stereocenters. The molecule has 0 radical (unpaired) electrons. The fraction of sp³-hybridized carbons (Fsp3) is 0.250. The molecule has 0 N–H and O–H groups in total. The van der Waals surface area contributed by atoms with Gasteiger partial charge in [-0.25, -0.2) is 0 Å². The molecule has 0 amide bonds. The van der Waals surface area contributed by atoms with Gasteiger partial charge in [0.15, 0.2) is 0 Å². The quantitative estimate of drug-likeness (QED) is 0.487. The molecular formula is C8H9Br2I. The van der Waals surface area contributed by atoms with Gasteiger partial charge in [0.25, 0.3) is 0 Å². The lowest BCUT2D eigenvalue weighted by atomic mass is 10.2. The van der Waals surface area contributed by atoms with Gasteiger partial charge in [0.05, 0.1) is 0 Å². The molecule has 11 heavy (non-hydrogen) atoms. The van der Waals surface area contributed by atoms with Crippen LogP contribution in [0.2, 0.25) is 0 Å². The first-order valence-corrected chi connectivity index (χ1v) is 4.80. The van der Waals surface area contributed by atoms with E-state index in [9.17, 15) is 0 Å². The van der Waals surface area contributed by atoms with Crippen LogP contribution in [0.1, 0.15) is 17.3 Å². The molecule has 0 nitrogen and oxygen atoms in total. The summed E-state index contributed by atoms with van der Waals surface area (Å²) in [6.07, 6.45) is 0. The van der Waals surface area contributed by atoms with Crippen molar-refractivity contribution in [3.8, 4) is 0 Å². The van der Waals surface area contributed by atoms with Crippen molar-refractivity contribution in [2.24, 2.45) is 0 Å². The zero-order valence-electron chi connectivity index (χ0n) is 6.05. The molecule has 1 rings (SSSR count). The third-order valence-electron chi connectivity index (χ3n) is 1.33. The molecule has 0 saturated carbocycles. The molecule has 0 spiro atoms. The molecule has 0 heterocycles. The Labute approximate surface area is 101 Å². The summed E-state index contributed by atoms with van der Waals surface area (Å²) in [6, 6.07) is 8.30. The highest BCUT2D eigenvalue weighted by molar-refractivity contribution is 14.0. The van der Waals surface area contributed by atoms with E-state index in [2.05, 4.69) is 50.9 Å². The van der Waals surface area contributed by atoms with Crippen LogP contribution in [0.3, 0.4) is 0 Å². The van der Waals surface area contributed by atoms with Gasteiger partial charge in [0.2, 0.25) is 0 Å². The minimum absolute atomic E-state index is 0. The van der Waals surface area contributed by atoms with Gasteiger partial charge in [-0.05, 0) is 24.6 Å². The van der Waals surface area contributed by atoms with Gasteiger partial charge < -0.3 is 0 Å². The lowest BCUT2D eigenvalue weighted by Gasteiger charge is -2.01. The van der Waals surface area contributed by atoms with Crippen molar-refractivity contribution in [3.63, 3.8) is 0 Å². The Morgan fingerprint density at radius 3 is 2.00 bits per heavy atom. The fourth-order valence-corrected chi connectivity index (χ4v) is 1.30. The van der Waals surface area contributed by atoms with Crippen molar-refractivity contribution in [2.75, 3.05) is 0 Å². The van der Waals surface area contributed by atoms with Crippen LogP contribution in [0.5, 0.6) is 0 Å². The van der Waals surface area contributed by atoms with Crippen LogP contribution in [0.4, 0.5) is 0 Å². The second kappa shape index (κ2) is 5.54. The summed E-state index contributed by atoms with van der Waals surface area (Å²) in [7, 11) is 0. The first-order chi connectivity index (χ1) is 4.70. The Kier molecular flexibility index (Phi) is 6.00. The highest BCUT2D eigenvalue weighted by Crippen LogP contribution is 2.22. The van der Waals surface area contributed by atoms with E-state index in [1.165, 1.54) is 5.56 Å². The van der Waals surface area contributed by atoms with Crippen LogP contribution < -0.4 is 0 Å². The minimum Gasteiger partial charge on any atom is -0.107 e. The number of alkyl halides is 1. The average molecular weight is 392 g/mol. The van der Waals surface area contributed by atoms with E-state index in [4.69, 9.17) is 0 Å². The second-order valence-electron chi connectivity index (χ2n) is 2.17. The van der Waals surface area contributed by atoms with Gasteiger partial charge in [-0.2, -0.15) is 0 Å². The van der Waals surface area contributed by atoms with E-state index in [-0.39, 0.29) is 24.0 Å². The summed E-state index contributed by atoms with van der Waals surface area (Å²) >= 11 is 6.87. The molecule has 1 aromatic rings. The molecule has 1 atom stereocenters. The number of halogens is 3. The summed E-state index contributed by atoms with van der Waals surface area (Å²) in [6.45, 7) is 2.11. The first kappa shape index (κ1) is 11.9. The topological polar surface area (TPSA) is 0 Å². The first-order valence-electron chi connectivity index (χ1n) is 3.09. The molecule has 0 fully saturated rings. The van der Waals surface area contributed by atoms with Crippen molar-refractivity contribution < 1.29 is 0 Å². The molecule has 0 saturated heterocycles. The molecule has 0 aliphatic heterocycles. The van der Waals surface area contributed by atoms with E-state index in [1.807, 2.05) is 12.1 Å². The predicted octanol–water partition coefficient (Wildman–Crippen LogP) is 4.52. The monoisotopic (exact) mass is 390 g/mol. The van der Waals surface area contributed by atoms with Crippen molar-refractivity contribution in [1.29, 1.82) is 0 Å². The third kappa shape index (κ3) is 3.90.